The van der Waals surface area contributed by atoms with Crippen LogP contribution in [0.2, 0.25) is 0 Å². The van der Waals surface area contributed by atoms with Gasteiger partial charge in [0.05, 0.1) is 11.4 Å². The molecule has 0 saturated carbocycles. The Morgan fingerprint density at radius 3 is 1.18 bits per heavy atom. The monoisotopic (exact) mass is 708 g/mol. The summed E-state index contributed by atoms with van der Waals surface area (Å²) in [5, 5.41) is 27.1. The average molecular weight is 709 g/mol. The number of nitrogens with zero attached hydrogens (tertiary/aromatic N) is 2. The van der Waals surface area contributed by atoms with Crippen molar-refractivity contribution < 1.29 is 0 Å². The topological polar surface area (TPSA) is 25.8 Å². The minimum atomic E-state index is 0.864. The van der Waals surface area contributed by atoms with Crippen LogP contribution in [0.25, 0.3) is 120 Å². The van der Waals surface area contributed by atoms with Gasteiger partial charge in [0.1, 0.15) is 0 Å². The van der Waals surface area contributed by atoms with Crippen LogP contribution in [0.15, 0.2) is 194 Å². The Morgan fingerprint density at radius 1 is 0.214 bits per heavy atom. The van der Waals surface area contributed by atoms with Crippen LogP contribution in [0.5, 0.6) is 0 Å². The summed E-state index contributed by atoms with van der Waals surface area (Å²) in [6, 6.07) is 70.9. The maximum absolute atomic E-state index is 4.53. The Bertz CT molecular complexity index is 3490. The molecule has 0 unspecified atom stereocenters. The molecule has 0 aliphatic carbocycles. The third-order valence-electron chi connectivity index (χ3n) is 11.8. The highest BCUT2D eigenvalue weighted by Crippen LogP contribution is 2.44. The summed E-state index contributed by atoms with van der Waals surface area (Å²) in [7, 11) is 0. The zero-order chi connectivity index (χ0) is 36.7. The second-order valence-electron chi connectivity index (χ2n) is 15.0. The molecule has 11 aromatic carbocycles. The number of hydrogen-bond acceptors (Lipinski definition) is 2. The van der Waals surface area contributed by atoms with E-state index in [-0.39, 0.29) is 0 Å². The largest absolute Gasteiger partial charge is 0.150 e. The van der Waals surface area contributed by atoms with E-state index in [1.54, 1.807) is 0 Å². The molecule has 12 rings (SSSR count). The van der Waals surface area contributed by atoms with Gasteiger partial charge in [-0.2, -0.15) is 0 Å². The summed E-state index contributed by atoms with van der Waals surface area (Å²) in [4.78, 5) is 0. The molecule has 0 saturated heterocycles. The summed E-state index contributed by atoms with van der Waals surface area (Å²) in [6.07, 6.45) is 0. The van der Waals surface area contributed by atoms with Crippen LogP contribution in [-0.2, 0) is 0 Å². The molecule has 0 radical (unpaired) electrons. The Labute approximate surface area is 323 Å². The Morgan fingerprint density at radius 2 is 0.625 bits per heavy atom. The molecule has 0 atom stereocenters. The van der Waals surface area contributed by atoms with Gasteiger partial charge in [-0.05, 0) is 134 Å². The molecular weight excluding hydrogens is 677 g/mol. The zero-order valence-corrected chi connectivity index (χ0v) is 30.4. The van der Waals surface area contributed by atoms with Gasteiger partial charge in [0, 0.05) is 11.1 Å². The van der Waals surface area contributed by atoms with Crippen LogP contribution in [-0.4, -0.2) is 10.2 Å². The highest BCUT2D eigenvalue weighted by atomic mass is 15.1. The highest BCUT2D eigenvalue weighted by molar-refractivity contribution is 6.37. The van der Waals surface area contributed by atoms with Crippen LogP contribution in [0.3, 0.4) is 0 Å². The number of benzene rings is 10. The molecule has 12 aromatic rings. The lowest BCUT2D eigenvalue weighted by atomic mass is 9.86. The molecular formula is C54H32N2. The van der Waals surface area contributed by atoms with Gasteiger partial charge in [0.2, 0.25) is 0 Å². The maximum atomic E-state index is 4.53. The fourth-order valence-corrected chi connectivity index (χ4v) is 9.14. The van der Waals surface area contributed by atoms with Crippen molar-refractivity contribution in [2.45, 2.75) is 0 Å². The number of fused-ring (bicyclic) bond motifs is 3. The third kappa shape index (κ3) is 4.76. The van der Waals surface area contributed by atoms with Crippen LogP contribution in [0.1, 0.15) is 0 Å². The predicted octanol–water partition coefficient (Wildman–Crippen LogP) is 14.7. The molecule has 0 N–H and O–H groups in total. The summed E-state index contributed by atoms with van der Waals surface area (Å²) >= 11 is 0. The first-order valence-electron chi connectivity index (χ1n) is 19.2. The minimum absolute atomic E-state index is 0.864. The first-order valence-corrected chi connectivity index (χ1v) is 19.2. The van der Waals surface area contributed by atoms with Crippen molar-refractivity contribution in [3.63, 3.8) is 0 Å². The molecule has 1 aromatic heterocycles. The normalized spacial score (nSPS) is 11.9. The van der Waals surface area contributed by atoms with Crippen molar-refractivity contribution in [2.24, 2.45) is 0 Å². The zero-order valence-electron chi connectivity index (χ0n) is 30.4. The lowest BCUT2D eigenvalue weighted by molar-refractivity contribution is 1.04. The van der Waals surface area contributed by atoms with Gasteiger partial charge in [-0.25, -0.2) is 0 Å². The fourth-order valence-electron chi connectivity index (χ4n) is 9.14. The van der Waals surface area contributed by atoms with Crippen LogP contribution in [0.4, 0.5) is 0 Å². The molecule has 1 heterocycles. The molecule has 0 aliphatic heterocycles. The lowest BCUT2D eigenvalue weighted by Crippen LogP contribution is -1.90. The van der Waals surface area contributed by atoms with E-state index in [0.717, 1.165) is 22.5 Å². The van der Waals surface area contributed by atoms with Crippen molar-refractivity contribution in [1.29, 1.82) is 0 Å². The van der Waals surface area contributed by atoms with Gasteiger partial charge in [0.15, 0.2) is 0 Å². The van der Waals surface area contributed by atoms with E-state index in [4.69, 9.17) is 0 Å². The number of hydrogen-bond donors (Lipinski definition) is 0. The van der Waals surface area contributed by atoms with Crippen molar-refractivity contribution in [2.75, 3.05) is 0 Å². The van der Waals surface area contributed by atoms with E-state index >= 15 is 0 Å². The van der Waals surface area contributed by atoms with Gasteiger partial charge < -0.3 is 0 Å². The van der Waals surface area contributed by atoms with E-state index in [2.05, 4.69) is 174 Å². The van der Waals surface area contributed by atoms with E-state index in [1.807, 2.05) is 30.3 Å². The summed E-state index contributed by atoms with van der Waals surface area (Å²) in [6.45, 7) is 0. The van der Waals surface area contributed by atoms with Crippen LogP contribution >= 0.6 is 0 Å². The van der Waals surface area contributed by atoms with Crippen molar-refractivity contribution in [3.8, 4) is 44.8 Å². The number of aromatic nitrogens is 2. The van der Waals surface area contributed by atoms with Gasteiger partial charge in [-0.15, -0.1) is 10.2 Å². The quantitative estimate of drug-likeness (QED) is 0.170. The van der Waals surface area contributed by atoms with Crippen molar-refractivity contribution in [3.05, 3.63) is 194 Å². The van der Waals surface area contributed by atoms with E-state index < -0.39 is 0 Å². The second kappa shape index (κ2) is 12.0. The van der Waals surface area contributed by atoms with Gasteiger partial charge in [-0.3, -0.25) is 0 Å². The van der Waals surface area contributed by atoms with Crippen LogP contribution < -0.4 is 0 Å². The molecule has 56 heavy (non-hydrogen) atoms. The molecule has 0 spiro atoms. The average Bonchev–Trinajstić information content (AvgIpc) is 3.27. The lowest BCUT2D eigenvalue weighted by Gasteiger charge is -2.17. The first-order chi connectivity index (χ1) is 27.7. The van der Waals surface area contributed by atoms with Crippen molar-refractivity contribution >= 4 is 75.4 Å². The molecule has 0 bridgehead atoms. The molecule has 2 nitrogen and oxygen atoms in total. The van der Waals surface area contributed by atoms with Gasteiger partial charge in [-0.1, -0.05) is 158 Å². The number of rotatable bonds is 4. The molecule has 0 amide bonds. The van der Waals surface area contributed by atoms with Gasteiger partial charge in [0.25, 0.3) is 0 Å². The predicted molar refractivity (Wildman–Crippen MR) is 238 cm³/mol. The van der Waals surface area contributed by atoms with Crippen LogP contribution in [0, 0.1) is 0 Å². The summed E-state index contributed by atoms with van der Waals surface area (Å²) < 4.78 is 0. The van der Waals surface area contributed by atoms with E-state index in [9.17, 15) is 0 Å². The van der Waals surface area contributed by atoms with Crippen molar-refractivity contribution in [1.82, 2.24) is 10.2 Å². The third-order valence-corrected chi connectivity index (χ3v) is 11.8. The second-order valence-corrected chi connectivity index (χ2v) is 15.0. The minimum Gasteiger partial charge on any atom is -0.150 e. The highest BCUT2D eigenvalue weighted by Gasteiger charge is 2.16. The first kappa shape index (κ1) is 31.0. The summed E-state index contributed by atoms with van der Waals surface area (Å²) in [5.74, 6) is 0. The van der Waals surface area contributed by atoms with Gasteiger partial charge >= 0.3 is 0 Å². The molecule has 2 heteroatoms. The standard InChI is InChI=1S/C54H32N2/c1-2-7-34(8-3-1)49-27-28-50(56-55-49)35-17-15-33(16-18-35)39-22-23-41-30-42(25-24-40(41)29-39)44-31-43-26-21-38-10-5-13-46-45-12-4-9-36-19-20-37-11-6-14-47(53(37)51(36)45)48(32-44)54(43)52(38)46/h1-32H. The summed E-state index contributed by atoms with van der Waals surface area (Å²) in [5.41, 5.74) is 8.66. The smallest absolute Gasteiger partial charge is 0.0930 e. The Kier molecular flexibility index (Phi) is 6.66. The molecule has 0 aliphatic rings. The maximum Gasteiger partial charge on any atom is 0.0930 e. The fraction of sp³-hybridized carbons (Fsp3) is 0. The Hall–Kier alpha value is -7.42. The van der Waals surface area contributed by atoms with E-state index in [1.165, 1.54) is 97.7 Å². The molecule has 258 valence electrons. The Balaban J connectivity index is 0.964. The molecule has 0 fully saturated rings. The van der Waals surface area contributed by atoms with E-state index in [0.29, 0.717) is 0 Å². The SMILES string of the molecule is c1ccc(-c2ccc(-c3ccc(-c4ccc5cc(-c6cc7ccc8cccc9c%10cccc%11ccc%12cccc(c(c6)c7c89)c%12c%11%10)ccc5c4)cc3)nn2)cc1.